The van der Waals surface area contributed by atoms with Gasteiger partial charge in [0.2, 0.25) is 0 Å². The standard InChI is InChI=1S/C24H18F4N4O2S/c25-16-3-7-19(20(26)11-16)23(33,14-32-22(35)9-10-31-32)24(27,28)21-8-6-18(13-30-21)34-17-4-1-15(12-29)2-5-17/h1-8,11,13,31,33H,9-10,14H2. The topological polar surface area (TPSA) is 81.4 Å². The normalized spacial score (nSPS) is 15.5. The largest absolute Gasteiger partial charge is 0.456 e. The Kier molecular flexibility index (Phi) is 6.71. The van der Waals surface area contributed by atoms with E-state index in [1.165, 1.54) is 30.3 Å². The third kappa shape index (κ3) is 4.81. The predicted octanol–water partition coefficient (Wildman–Crippen LogP) is 4.54. The molecule has 0 aliphatic carbocycles. The summed E-state index contributed by atoms with van der Waals surface area (Å²) in [5, 5.41) is 21.3. The van der Waals surface area contributed by atoms with Gasteiger partial charge in [0.05, 0.1) is 29.4 Å². The molecular formula is C24H18F4N4O2S. The van der Waals surface area contributed by atoms with Crippen LogP contribution >= 0.6 is 12.2 Å². The minimum atomic E-state index is -4.13. The van der Waals surface area contributed by atoms with Gasteiger partial charge in [-0.15, -0.1) is 0 Å². The van der Waals surface area contributed by atoms with E-state index in [4.69, 9.17) is 22.2 Å². The molecule has 0 bridgehead atoms. The van der Waals surface area contributed by atoms with Crippen LogP contribution in [0.15, 0.2) is 60.8 Å². The summed E-state index contributed by atoms with van der Waals surface area (Å²) in [4.78, 5) is 4.02. The molecule has 180 valence electrons. The summed E-state index contributed by atoms with van der Waals surface area (Å²) in [6, 6.07) is 12.2. The number of rotatable bonds is 7. The smallest absolute Gasteiger partial charge is 0.323 e. The molecule has 0 amide bonds. The van der Waals surface area contributed by atoms with E-state index in [2.05, 4.69) is 10.4 Å². The fraction of sp³-hybridized carbons (Fsp3) is 0.208. The molecule has 1 aliphatic rings. The van der Waals surface area contributed by atoms with Crippen molar-refractivity contribution in [3.63, 3.8) is 0 Å². The highest BCUT2D eigenvalue weighted by atomic mass is 32.1. The van der Waals surface area contributed by atoms with E-state index in [0.717, 1.165) is 29.4 Å². The SMILES string of the molecule is N#Cc1ccc(Oc2ccc(C(F)(F)C(O)(CN3NCCC3=S)c3ccc(F)cc3F)nc2)cc1. The van der Waals surface area contributed by atoms with Crippen molar-refractivity contribution in [2.24, 2.45) is 0 Å². The van der Waals surface area contributed by atoms with Crippen molar-refractivity contribution in [1.82, 2.24) is 15.4 Å². The van der Waals surface area contributed by atoms with Crippen LogP contribution in [0.3, 0.4) is 0 Å². The zero-order valence-corrected chi connectivity index (χ0v) is 18.8. The summed E-state index contributed by atoms with van der Waals surface area (Å²) in [7, 11) is 0. The lowest BCUT2D eigenvalue weighted by atomic mass is 9.84. The molecule has 0 radical (unpaired) electrons. The van der Waals surface area contributed by atoms with E-state index in [1.807, 2.05) is 6.07 Å². The van der Waals surface area contributed by atoms with Gasteiger partial charge in [-0.2, -0.15) is 14.0 Å². The number of pyridine rings is 1. The first-order valence-electron chi connectivity index (χ1n) is 10.4. The second kappa shape index (κ2) is 9.58. The second-order valence-corrected chi connectivity index (χ2v) is 8.29. The van der Waals surface area contributed by atoms with E-state index in [9.17, 15) is 13.9 Å². The van der Waals surface area contributed by atoms with Crippen LogP contribution in [-0.4, -0.2) is 33.2 Å². The van der Waals surface area contributed by atoms with Crippen LogP contribution in [0.4, 0.5) is 17.6 Å². The Balaban J connectivity index is 1.67. The van der Waals surface area contributed by atoms with Gasteiger partial charge in [-0.3, -0.25) is 9.99 Å². The van der Waals surface area contributed by atoms with Crippen LogP contribution in [0.1, 0.15) is 23.2 Å². The Bertz CT molecular complexity index is 1280. The lowest BCUT2D eigenvalue weighted by Gasteiger charge is -2.39. The average molecular weight is 502 g/mol. The van der Waals surface area contributed by atoms with E-state index >= 15 is 8.78 Å². The molecule has 35 heavy (non-hydrogen) atoms. The summed E-state index contributed by atoms with van der Waals surface area (Å²) in [5.41, 5.74) is -1.63. The van der Waals surface area contributed by atoms with Crippen molar-refractivity contribution >= 4 is 17.2 Å². The molecule has 1 aliphatic heterocycles. The molecule has 2 N–H and O–H groups in total. The number of hydrazine groups is 1. The van der Waals surface area contributed by atoms with Crippen molar-refractivity contribution in [2.75, 3.05) is 13.1 Å². The van der Waals surface area contributed by atoms with Gasteiger partial charge in [0.1, 0.15) is 28.8 Å². The van der Waals surface area contributed by atoms with E-state index in [-0.39, 0.29) is 10.7 Å². The minimum absolute atomic E-state index is 0.119. The first-order valence-corrected chi connectivity index (χ1v) is 10.8. The second-order valence-electron chi connectivity index (χ2n) is 7.81. The molecule has 6 nitrogen and oxygen atoms in total. The zero-order chi connectivity index (χ0) is 25.2. The highest BCUT2D eigenvalue weighted by Crippen LogP contribution is 2.46. The van der Waals surface area contributed by atoms with Gasteiger partial charge in [-0.1, -0.05) is 12.2 Å². The van der Waals surface area contributed by atoms with Crippen LogP contribution in [0.25, 0.3) is 0 Å². The molecule has 0 spiro atoms. The van der Waals surface area contributed by atoms with Crippen LogP contribution in [0.5, 0.6) is 11.5 Å². The van der Waals surface area contributed by atoms with Crippen molar-refractivity contribution in [3.05, 3.63) is 89.2 Å². The van der Waals surface area contributed by atoms with Gasteiger partial charge in [0, 0.05) is 24.6 Å². The summed E-state index contributed by atoms with van der Waals surface area (Å²) in [6.07, 6.45) is 1.41. The van der Waals surface area contributed by atoms with E-state index in [0.29, 0.717) is 30.3 Å². The molecular weight excluding hydrogens is 484 g/mol. The predicted molar refractivity (Wildman–Crippen MR) is 122 cm³/mol. The van der Waals surface area contributed by atoms with Crippen molar-refractivity contribution < 1.29 is 27.4 Å². The number of benzene rings is 2. The molecule has 3 aromatic rings. The van der Waals surface area contributed by atoms with Gasteiger partial charge in [-0.25, -0.2) is 14.2 Å². The fourth-order valence-corrected chi connectivity index (χ4v) is 3.88. The summed E-state index contributed by atoms with van der Waals surface area (Å²) >= 11 is 5.15. The van der Waals surface area contributed by atoms with Crippen LogP contribution in [0.2, 0.25) is 0 Å². The first kappa shape index (κ1) is 24.5. The van der Waals surface area contributed by atoms with Crippen molar-refractivity contribution in [3.8, 4) is 17.6 Å². The van der Waals surface area contributed by atoms with E-state index in [1.54, 1.807) is 0 Å². The third-order valence-electron chi connectivity index (χ3n) is 5.50. The summed E-state index contributed by atoms with van der Waals surface area (Å²) in [5.74, 6) is -5.97. The summed E-state index contributed by atoms with van der Waals surface area (Å²) < 4.78 is 65.4. The Morgan fingerprint density at radius 2 is 1.83 bits per heavy atom. The lowest BCUT2D eigenvalue weighted by molar-refractivity contribution is -0.205. The molecule has 1 atom stereocenters. The van der Waals surface area contributed by atoms with Gasteiger partial charge in [0.25, 0.3) is 0 Å². The number of thiocarbonyl (C=S) groups is 1. The Labute approximate surface area is 203 Å². The number of hydrogen-bond acceptors (Lipinski definition) is 6. The molecule has 1 aromatic heterocycles. The number of aliphatic hydroxyl groups is 1. The quantitative estimate of drug-likeness (QED) is 0.363. The maximum atomic E-state index is 15.9. The molecule has 2 heterocycles. The molecule has 11 heteroatoms. The van der Waals surface area contributed by atoms with Crippen LogP contribution < -0.4 is 10.2 Å². The molecule has 1 unspecified atom stereocenters. The Morgan fingerprint density at radius 1 is 1.11 bits per heavy atom. The van der Waals surface area contributed by atoms with E-state index < -0.39 is 41.0 Å². The maximum Gasteiger partial charge on any atom is 0.323 e. The first-order chi connectivity index (χ1) is 16.6. The van der Waals surface area contributed by atoms with Crippen molar-refractivity contribution in [2.45, 2.75) is 17.9 Å². The highest BCUT2D eigenvalue weighted by molar-refractivity contribution is 7.80. The molecule has 4 rings (SSSR count). The van der Waals surface area contributed by atoms with Crippen molar-refractivity contribution in [1.29, 1.82) is 5.26 Å². The third-order valence-corrected chi connectivity index (χ3v) is 5.93. The number of alkyl halides is 2. The van der Waals surface area contributed by atoms with Gasteiger partial charge >= 0.3 is 5.92 Å². The fourth-order valence-electron chi connectivity index (χ4n) is 3.64. The number of hydrogen-bond donors (Lipinski definition) is 2. The highest BCUT2D eigenvalue weighted by Gasteiger charge is 2.58. The lowest BCUT2D eigenvalue weighted by Crippen LogP contribution is -2.54. The Hall–Kier alpha value is -3.59. The van der Waals surface area contributed by atoms with Gasteiger partial charge < -0.3 is 9.84 Å². The minimum Gasteiger partial charge on any atom is -0.456 e. The van der Waals surface area contributed by atoms with Crippen LogP contribution in [0, 0.1) is 23.0 Å². The Morgan fingerprint density at radius 3 is 2.40 bits per heavy atom. The van der Waals surface area contributed by atoms with Gasteiger partial charge in [-0.05, 0) is 48.5 Å². The number of halogens is 4. The monoisotopic (exact) mass is 502 g/mol. The van der Waals surface area contributed by atoms with Crippen LogP contribution in [-0.2, 0) is 11.5 Å². The molecule has 1 fully saturated rings. The molecule has 0 saturated carbocycles. The zero-order valence-electron chi connectivity index (χ0n) is 18.0. The number of nitrogens with one attached hydrogen (secondary N) is 1. The number of ether oxygens (including phenoxy) is 1. The number of β-amino-alcohol motifs (C(OH)–C–C–N with tert-alkyl or cyclic N) is 1. The summed E-state index contributed by atoms with van der Waals surface area (Å²) in [6.45, 7) is -0.446. The average Bonchev–Trinajstić information content (AvgIpc) is 3.23. The number of nitrogens with zero attached hydrogens (tertiary/aromatic N) is 3. The maximum absolute atomic E-state index is 15.9. The number of aromatic nitrogens is 1. The van der Waals surface area contributed by atoms with Gasteiger partial charge in [0.15, 0.2) is 5.60 Å². The molecule has 2 aromatic carbocycles. The number of nitriles is 1. The molecule has 1 saturated heterocycles.